The highest BCUT2D eigenvalue weighted by molar-refractivity contribution is 6.01. The molecule has 0 radical (unpaired) electrons. The topological polar surface area (TPSA) is 98.1 Å². The average Bonchev–Trinajstić information content (AvgIpc) is 3.19. The fourth-order valence-electron chi connectivity index (χ4n) is 3.05. The van der Waals surface area contributed by atoms with Crippen LogP contribution in [0.2, 0.25) is 0 Å². The summed E-state index contributed by atoms with van der Waals surface area (Å²) in [5.41, 5.74) is 3.85. The largest absolute Gasteiger partial charge is 0.448 e. The summed E-state index contributed by atoms with van der Waals surface area (Å²) in [6.45, 7) is 8.55. The molecule has 27 heavy (non-hydrogen) atoms. The second-order valence-electron chi connectivity index (χ2n) is 6.54. The zero-order chi connectivity index (χ0) is 19.7. The van der Waals surface area contributed by atoms with E-state index in [0.29, 0.717) is 22.7 Å². The first-order valence-corrected chi connectivity index (χ1v) is 8.59. The van der Waals surface area contributed by atoms with Gasteiger partial charge in [-0.15, -0.1) is 10.2 Å². The Morgan fingerprint density at radius 2 is 1.93 bits per heavy atom. The third-order valence-electron chi connectivity index (χ3n) is 4.33. The van der Waals surface area contributed by atoms with E-state index in [1.165, 1.54) is 6.92 Å². The van der Waals surface area contributed by atoms with Crippen LogP contribution >= 0.6 is 0 Å². The summed E-state index contributed by atoms with van der Waals surface area (Å²) < 4.78 is 11.1. The van der Waals surface area contributed by atoms with Crippen molar-refractivity contribution in [2.75, 3.05) is 0 Å². The number of hydrogen-bond donors (Lipinski definition) is 1. The summed E-state index contributed by atoms with van der Waals surface area (Å²) in [6.07, 6.45) is -0.729. The zero-order valence-electron chi connectivity index (χ0n) is 15.9. The van der Waals surface area contributed by atoms with Crippen LogP contribution in [0.3, 0.4) is 0 Å². The van der Waals surface area contributed by atoms with Crippen LogP contribution in [0, 0.1) is 20.8 Å². The number of carbonyl (C=O) groups excluding carboxylic acids is 2. The number of carbonyl (C=O) groups is 2. The third kappa shape index (κ3) is 3.67. The van der Waals surface area contributed by atoms with Gasteiger partial charge in [0.25, 0.3) is 5.89 Å². The van der Waals surface area contributed by atoms with Crippen LogP contribution in [-0.4, -0.2) is 26.9 Å². The van der Waals surface area contributed by atoms with Gasteiger partial charge in [0.2, 0.25) is 5.89 Å². The first-order chi connectivity index (χ1) is 12.8. The van der Waals surface area contributed by atoms with Crippen LogP contribution < -0.4 is 0 Å². The molecule has 1 unspecified atom stereocenters. The van der Waals surface area contributed by atoms with Crippen molar-refractivity contribution >= 4 is 11.8 Å². The van der Waals surface area contributed by atoms with Gasteiger partial charge in [0.1, 0.15) is 5.69 Å². The molecule has 0 saturated carbocycles. The fourth-order valence-corrected chi connectivity index (χ4v) is 3.05. The highest BCUT2D eigenvalue weighted by Crippen LogP contribution is 2.25. The third-order valence-corrected chi connectivity index (χ3v) is 4.33. The van der Waals surface area contributed by atoms with E-state index in [-0.39, 0.29) is 17.4 Å². The van der Waals surface area contributed by atoms with Crippen molar-refractivity contribution in [1.29, 1.82) is 0 Å². The summed E-state index contributed by atoms with van der Waals surface area (Å²) >= 11 is 0. The van der Waals surface area contributed by atoms with Crippen molar-refractivity contribution in [2.45, 2.75) is 40.7 Å². The normalized spacial score (nSPS) is 12.0. The van der Waals surface area contributed by atoms with E-state index in [4.69, 9.17) is 9.15 Å². The first kappa shape index (κ1) is 18.6. The maximum absolute atomic E-state index is 12.5. The Balaban J connectivity index is 1.78. The van der Waals surface area contributed by atoms with Crippen LogP contribution in [0.15, 0.2) is 28.7 Å². The maximum atomic E-state index is 12.5. The quantitative estimate of drug-likeness (QED) is 0.538. The molecule has 3 rings (SSSR count). The monoisotopic (exact) mass is 367 g/mol. The summed E-state index contributed by atoms with van der Waals surface area (Å²) in [6, 6.07) is 7.68. The Labute approximate surface area is 156 Å². The van der Waals surface area contributed by atoms with Gasteiger partial charge < -0.3 is 14.1 Å². The van der Waals surface area contributed by atoms with Gasteiger partial charge in [-0.3, -0.25) is 4.79 Å². The minimum absolute atomic E-state index is 0.104. The molecule has 7 nitrogen and oxygen atoms in total. The number of ketones is 1. The standard InChI is InChI=1S/C20H21N3O4/c1-10-7-6-8-15(9-10)19-23-22-18(27-19)14(5)26-20(25)17-11(2)16(13(4)24)12(3)21-17/h6-9,14,21H,1-5H3. The van der Waals surface area contributed by atoms with Crippen LogP contribution in [0.25, 0.3) is 11.5 Å². The number of nitrogens with zero attached hydrogens (tertiary/aromatic N) is 2. The van der Waals surface area contributed by atoms with Crippen molar-refractivity contribution in [3.8, 4) is 11.5 Å². The molecule has 1 aromatic carbocycles. The number of rotatable bonds is 5. The van der Waals surface area contributed by atoms with Crippen molar-refractivity contribution in [2.24, 2.45) is 0 Å². The molecule has 140 valence electrons. The number of aryl methyl sites for hydroxylation is 2. The van der Waals surface area contributed by atoms with E-state index < -0.39 is 12.1 Å². The van der Waals surface area contributed by atoms with E-state index >= 15 is 0 Å². The molecule has 2 heterocycles. The van der Waals surface area contributed by atoms with Gasteiger partial charge >= 0.3 is 5.97 Å². The molecule has 0 fully saturated rings. The van der Waals surface area contributed by atoms with Gasteiger partial charge in [0.15, 0.2) is 11.9 Å². The Kier molecular flexibility index (Phi) is 4.94. The summed E-state index contributed by atoms with van der Waals surface area (Å²) in [4.78, 5) is 27.2. The highest BCUT2D eigenvalue weighted by Gasteiger charge is 2.25. The number of aromatic nitrogens is 3. The molecular weight excluding hydrogens is 346 g/mol. The molecule has 1 atom stereocenters. The molecule has 0 amide bonds. The molecule has 1 N–H and O–H groups in total. The van der Waals surface area contributed by atoms with E-state index in [0.717, 1.165) is 11.1 Å². The van der Waals surface area contributed by atoms with Crippen molar-refractivity contribution in [3.05, 3.63) is 58.2 Å². The van der Waals surface area contributed by atoms with Gasteiger partial charge in [-0.05, 0) is 52.3 Å². The molecule has 0 spiro atoms. The van der Waals surface area contributed by atoms with Gasteiger partial charge in [-0.25, -0.2) is 4.79 Å². The fraction of sp³-hybridized carbons (Fsp3) is 0.300. The van der Waals surface area contributed by atoms with Crippen molar-refractivity contribution in [3.63, 3.8) is 0 Å². The summed E-state index contributed by atoms with van der Waals surface area (Å²) in [5.74, 6) is -0.117. The van der Waals surface area contributed by atoms with E-state index in [1.54, 1.807) is 20.8 Å². The van der Waals surface area contributed by atoms with Gasteiger partial charge in [-0.1, -0.05) is 17.7 Å². The zero-order valence-corrected chi connectivity index (χ0v) is 15.9. The Morgan fingerprint density at radius 3 is 2.56 bits per heavy atom. The maximum Gasteiger partial charge on any atom is 0.355 e. The molecule has 7 heteroatoms. The SMILES string of the molecule is CC(=O)c1c(C)[nH]c(C(=O)OC(C)c2nnc(-c3cccc(C)c3)o2)c1C. The second kappa shape index (κ2) is 7.19. The highest BCUT2D eigenvalue weighted by atomic mass is 16.6. The lowest BCUT2D eigenvalue weighted by atomic mass is 10.1. The molecule has 0 saturated heterocycles. The number of Topliss-reactive ketones (excluding diaryl/α,β-unsaturated/α-hetero) is 1. The minimum Gasteiger partial charge on any atom is -0.448 e. The predicted molar refractivity (Wildman–Crippen MR) is 98.6 cm³/mol. The van der Waals surface area contributed by atoms with Gasteiger partial charge in [-0.2, -0.15) is 0 Å². The van der Waals surface area contributed by atoms with Crippen LogP contribution in [-0.2, 0) is 4.74 Å². The Hall–Kier alpha value is -3.22. The number of H-pyrrole nitrogens is 1. The van der Waals surface area contributed by atoms with E-state index in [2.05, 4.69) is 15.2 Å². The number of nitrogens with one attached hydrogen (secondary N) is 1. The number of aromatic amines is 1. The molecule has 2 aromatic heterocycles. The summed E-state index contributed by atoms with van der Waals surface area (Å²) in [7, 11) is 0. The lowest BCUT2D eigenvalue weighted by Crippen LogP contribution is -2.11. The average molecular weight is 367 g/mol. The molecule has 0 aliphatic rings. The van der Waals surface area contributed by atoms with Gasteiger partial charge in [0.05, 0.1) is 0 Å². The van der Waals surface area contributed by atoms with Crippen LogP contribution in [0.4, 0.5) is 0 Å². The molecule has 0 aliphatic heterocycles. The lowest BCUT2D eigenvalue weighted by molar-refractivity contribution is 0.0272. The predicted octanol–water partition coefficient (Wildman–Crippen LogP) is 4.11. The minimum atomic E-state index is -0.729. The second-order valence-corrected chi connectivity index (χ2v) is 6.54. The van der Waals surface area contributed by atoms with Crippen LogP contribution in [0.1, 0.15) is 63.5 Å². The van der Waals surface area contributed by atoms with Crippen molar-refractivity contribution < 1.29 is 18.7 Å². The number of ether oxygens (including phenoxy) is 1. The van der Waals surface area contributed by atoms with E-state index in [9.17, 15) is 9.59 Å². The number of benzene rings is 1. The number of hydrogen-bond acceptors (Lipinski definition) is 6. The Bertz CT molecular complexity index is 1020. The smallest absolute Gasteiger partial charge is 0.355 e. The van der Waals surface area contributed by atoms with Crippen LogP contribution in [0.5, 0.6) is 0 Å². The molecular formula is C20H21N3O4. The molecule has 0 bridgehead atoms. The summed E-state index contributed by atoms with van der Waals surface area (Å²) in [5, 5.41) is 8.01. The first-order valence-electron chi connectivity index (χ1n) is 8.59. The molecule has 0 aliphatic carbocycles. The van der Waals surface area contributed by atoms with Gasteiger partial charge in [0, 0.05) is 16.8 Å². The van der Waals surface area contributed by atoms with E-state index in [1.807, 2.05) is 31.2 Å². The molecule has 3 aromatic rings. The van der Waals surface area contributed by atoms with Crippen molar-refractivity contribution in [1.82, 2.24) is 15.2 Å². The Morgan fingerprint density at radius 1 is 1.19 bits per heavy atom. The lowest BCUT2D eigenvalue weighted by Gasteiger charge is -2.09. The number of esters is 1.